The molecule has 0 saturated heterocycles. The number of carbonyl (C=O) groups is 1. The molecular weight excluding hydrogens is 274 g/mol. The van der Waals surface area contributed by atoms with Crippen LogP contribution in [0.1, 0.15) is 23.5 Å². The van der Waals surface area contributed by atoms with Crippen LogP contribution in [0.3, 0.4) is 0 Å². The van der Waals surface area contributed by atoms with Crippen molar-refractivity contribution in [2.75, 3.05) is 6.61 Å². The van der Waals surface area contributed by atoms with Gasteiger partial charge in [-0.15, -0.1) is 0 Å². The van der Waals surface area contributed by atoms with E-state index in [-0.39, 0.29) is 11.7 Å². The largest absolute Gasteiger partial charge is 0.493 e. The Morgan fingerprint density at radius 1 is 1.35 bits per heavy atom. The van der Waals surface area contributed by atoms with Crippen LogP contribution in [0.15, 0.2) is 42.7 Å². The van der Waals surface area contributed by atoms with E-state index >= 15 is 0 Å². The molecule has 1 aromatic heterocycles. The number of ether oxygens (including phenoxy) is 1. The van der Waals surface area contributed by atoms with Gasteiger partial charge < -0.3 is 4.74 Å². The number of fused-ring (bicyclic) bond motifs is 1. The minimum Gasteiger partial charge on any atom is -0.493 e. The normalized spacial score (nSPS) is 17.1. The molecule has 4 heteroatoms. The van der Waals surface area contributed by atoms with Gasteiger partial charge in [0.25, 0.3) is 0 Å². The van der Waals surface area contributed by atoms with Crippen LogP contribution in [0.25, 0.3) is 0 Å². The fraction of sp³-hybridized carbons (Fsp3) is 0.250. The minimum absolute atomic E-state index is 0.107. The average molecular weight is 288 g/mol. The number of carbonyl (C=O) groups excluding carboxylic acids is 1. The van der Waals surface area contributed by atoms with E-state index in [4.69, 9.17) is 16.3 Å². The van der Waals surface area contributed by atoms with Crippen LogP contribution < -0.4 is 4.74 Å². The molecular formula is C16H14ClNO2. The third kappa shape index (κ3) is 2.54. The number of pyridine rings is 1. The number of hydrogen-bond acceptors (Lipinski definition) is 3. The maximum absolute atomic E-state index is 12.5. The van der Waals surface area contributed by atoms with Gasteiger partial charge in [0.05, 0.1) is 11.6 Å². The maximum Gasteiger partial charge on any atom is 0.145 e. The van der Waals surface area contributed by atoms with Gasteiger partial charge in [0.2, 0.25) is 0 Å². The second-order valence-electron chi connectivity index (χ2n) is 4.84. The SMILES string of the molecule is O=C(Cc1ccncc1Cl)C1CCOc2ccccc21. The molecule has 3 nitrogen and oxygen atoms in total. The first-order valence-electron chi connectivity index (χ1n) is 6.58. The Hall–Kier alpha value is -1.87. The first kappa shape index (κ1) is 13.1. The topological polar surface area (TPSA) is 39.2 Å². The number of rotatable bonds is 3. The first-order chi connectivity index (χ1) is 9.75. The third-order valence-electron chi connectivity index (χ3n) is 3.57. The van der Waals surface area contributed by atoms with E-state index in [1.165, 1.54) is 0 Å². The van der Waals surface area contributed by atoms with Crippen LogP contribution in [0, 0.1) is 0 Å². The second kappa shape index (κ2) is 5.63. The van der Waals surface area contributed by atoms with Crippen molar-refractivity contribution in [2.45, 2.75) is 18.8 Å². The summed E-state index contributed by atoms with van der Waals surface area (Å²) >= 11 is 6.07. The van der Waals surface area contributed by atoms with Crippen molar-refractivity contribution in [3.05, 3.63) is 58.9 Å². The number of para-hydroxylation sites is 1. The molecule has 1 atom stereocenters. The van der Waals surface area contributed by atoms with Crippen molar-refractivity contribution in [3.8, 4) is 5.75 Å². The molecule has 0 fully saturated rings. The standard InChI is InChI=1S/C16H14ClNO2/c17-14-10-18-7-5-11(14)9-15(19)12-6-8-20-16-4-2-1-3-13(12)16/h1-5,7,10,12H,6,8-9H2. The molecule has 0 bridgehead atoms. The molecule has 0 spiro atoms. The molecule has 3 rings (SSSR count). The fourth-order valence-corrected chi connectivity index (χ4v) is 2.72. The summed E-state index contributed by atoms with van der Waals surface area (Å²) in [6, 6.07) is 9.53. The third-order valence-corrected chi connectivity index (χ3v) is 3.91. The minimum atomic E-state index is -0.107. The van der Waals surface area contributed by atoms with Crippen molar-refractivity contribution in [2.24, 2.45) is 0 Å². The molecule has 1 aliphatic heterocycles. The van der Waals surface area contributed by atoms with Gasteiger partial charge >= 0.3 is 0 Å². The number of ketones is 1. The van der Waals surface area contributed by atoms with Gasteiger partial charge in [0.15, 0.2) is 0 Å². The molecule has 0 amide bonds. The molecule has 102 valence electrons. The zero-order valence-electron chi connectivity index (χ0n) is 10.9. The van der Waals surface area contributed by atoms with E-state index < -0.39 is 0 Å². The Morgan fingerprint density at radius 3 is 3.05 bits per heavy atom. The number of aromatic nitrogens is 1. The Morgan fingerprint density at radius 2 is 2.20 bits per heavy atom. The highest BCUT2D eigenvalue weighted by Gasteiger charge is 2.27. The monoisotopic (exact) mass is 287 g/mol. The molecule has 1 unspecified atom stereocenters. The molecule has 0 radical (unpaired) electrons. The summed E-state index contributed by atoms with van der Waals surface area (Å²) in [4.78, 5) is 16.5. The molecule has 2 heterocycles. The highest BCUT2D eigenvalue weighted by Crippen LogP contribution is 2.34. The summed E-state index contributed by atoms with van der Waals surface area (Å²) in [5.41, 5.74) is 1.81. The highest BCUT2D eigenvalue weighted by atomic mass is 35.5. The highest BCUT2D eigenvalue weighted by molar-refractivity contribution is 6.31. The Labute approximate surface area is 122 Å². The maximum atomic E-state index is 12.5. The molecule has 1 aliphatic rings. The van der Waals surface area contributed by atoms with Crippen LogP contribution in [0.5, 0.6) is 5.75 Å². The van der Waals surface area contributed by atoms with Crippen molar-refractivity contribution in [1.29, 1.82) is 0 Å². The lowest BCUT2D eigenvalue weighted by atomic mass is 9.87. The van der Waals surface area contributed by atoms with Gasteiger partial charge in [-0.05, 0) is 24.1 Å². The van der Waals surface area contributed by atoms with Gasteiger partial charge in [0.1, 0.15) is 11.5 Å². The quantitative estimate of drug-likeness (QED) is 0.868. The molecule has 0 N–H and O–H groups in total. The van der Waals surface area contributed by atoms with E-state index in [1.54, 1.807) is 18.5 Å². The number of benzene rings is 1. The van der Waals surface area contributed by atoms with E-state index in [0.29, 0.717) is 18.1 Å². The van der Waals surface area contributed by atoms with Crippen LogP contribution in [0.4, 0.5) is 0 Å². The Kier molecular flexibility index (Phi) is 3.70. The predicted octanol–water partition coefficient (Wildman–Crippen LogP) is 3.41. The van der Waals surface area contributed by atoms with Crippen LogP contribution in [-0.4, -0.2) is 17.4 Å². The van der Waals surface area contributed by atoms with Gasteiger partial charge in [-0.25, -0.2) is 0 Å². The summed E-state index contributed by atoms with van der Waals surface area (Å²) in [6.45, 7) is 0.581. The van der Waals surface area contributed by atoms with Crippen molar-refractivity contribution in [3.63, 3.8) is 0 Å². The Balaban J connectivity index is 1.84. The summed E-state index contributed by atoms with van der Waals surface area (Å²) < 4.78 is 5.59. The Bertz CT molecular complexity index is 642. The molecule has 0 saturated carbocycles. The number of Topliss-reactive ketones (excluding diaryl/α,β-unsaturated/α-hetero) is 1. The van der Waals surface area contributed by atoms with Crippen LogP contribution in [-0.2, 0) is 11.2 Å². The zero-order chi connectivity index (χ0) is 13.9. The van der Waals surface area contributed by atoms with Crippen LogP contribution in [0.2, 0.25) is 5.02 Å². The summed E-state index contributed by atoms with van der Waals surface area (Å²) in [5.74, 6) is 0.885. The van der Waals surface area contributed by atoms with Gasteiger partial charge in [-0.1, -0.05) is 29.8 Å². The second-order valence-corrected chi connectivity index (χ2v) is 5.24. The van der Waals surface area contributed by atoms with Crippen molar-refractivity contribution >= 4 is 17.4 Å². The van der Waals surface area contributed by atoms with Crippen molar-refractivity contribution < 1.29 is 9.53 Å². The predicted molar refractivity (Wildman–Crippen MR) is 77.3 cm³/mol. The molecule has 1 aromatic carbocycles. The first-order valence-corrected chi connectivity index (χ1v) is 6.96. The summed E-state index contributed by atoms with van der Waals surface area (Å²) in [5, 5.41) is 0.543. The zero-order valence-corrected chi connectivity index (χ0v) is 11.6. The van der Waals surface area contributed by atoms with Gasteiger partial charge in [-0.2, -0.15) is 0 Å². The molecule has 0 aliphatic carbocycles. The average Bonchev–Trinajstić information content (AvgIpc) is 2.49. The van der Waals surface area contributed by atoms with Crippen molar-refractivity contribution in [1.82, 2.24) is 4.98 Å². The van der Waals surface area contributed by atoms with E-state index in [9.17, 15) is 4.79 Å². The van der Waals surface area contributed by atoms with E-state index in [2.05, 4.69) is 4.98 Å². The summed E-state index contributed by atoms with van der Waals surface area (Å²) in [7, 11) is 0. The molecule has 20 heavy (non-hydrogen) atoms. The fourth-order valence-electron chi connectivity index (χ4n) is 2.53. The molecule has 2 aromatic rings. The smallest absolute Gasteiger partial charge is 0.145 e. The number of hydrogen-bond donors (Lipinski definition) is 0. The lowest BCUT2D eigenvalue weighted by Crippen LogP contribution is -2.22. The number of halogens is 1. The lowest BCUT2D eigenvalue weighted by molar-refractivity contribution is -0.120. The summed E-state index contributed by atoms with van der Waals surface area (Å²) in [6.07, 6.45) is 4.29. The lowest BCUT2D eigenvalue weighted by Gasteiger charge is -2.25. The van der Waals surface area contributed by atoms with Gasteiger partial charge in [0, 0.05) is 30.3 Å². The van der Waals surface area contributed by atoms with Crippen LogP contribution >= 0.6 is 11.6 Å². The van der Waals surface area contributed by atoms with Gasteiger partial charge in [-0.3, -0.25) is 9.78 Å². The van der Waals surface area contributed by atoms with E-state index in [1.807, 2.05) is 24.3 Å². The number of nitrogens with zero attached hydrogens (tertiary/aromatic N) is 1. The van der Waals surface area contributed by atoms with E-state index in [0.717, 1.165) is 23.3 Å².